The first-order chi connectivity index (χ1) is 13.0. The molecule has 0 aliphatic carbocycles. The number of urea groups is 1. The number of hydrogen-bond donors (Lipinski definition) is 2. The van der Waals surface area contributed by atoms with Crippen LogP contribution in [-0.2, 0) is 11.2 Å². The molecule has 1 saturated heterocycles. The Labute approximate surface area is 159 Å². The number of rotatable bonds is 5. The van der Waals surface area contributed by atoms with E-state index in [0.717, 1.165) is 29.8 Å². The first-order valence-electron chi connectivity index (χ1n) is 9.43. The summed E-state index contributed by atoms with van der Waals surface area (Å²) in [4.78, 5) is 25.5. The molecule has 0 bridgehead atoms. The Bertz CT molecular complexity index is 830. The smallest absolute Gasteiger partial charge is 0.321 e. The van der Waals surface area contributed by atoms with Crippen LogP contribution in [0.2, 0.25) is 0 Å². The predicted octanol–water partition coefficient (Wildman–Crippen LogP) is 3.46. The van der Waals surface area contributed by atoms with Crippen LogP contribution < -0.4 is 5.32 Å². The second kappa shape index (κ2) is 8.24. The summed E-state index contributed by atoms with van der Waals surface area (Å²) in [6.45, 7) is 4.94. The number of aliphatic carboxylic acids is 1. The molecule has 1 atom stereocenters. The van der Waals surface area contributed by atoms with Crippen molar-refractivity contribution < 1.29 is 14.7 Å². The molecule has 1 aromatic carbocycles. The Kier molecular flexibility index (Phi) is 5.78. The highest BCUT2D eigenvalue weighted by molar-refractivity contribution is 5.90. The van der Waals surface area contributed by atoms with Gasteiger partial charge >= 0.3 is 12.0 Å². The molecule has 0 saturated carbocycles. The number of anilines is 1. The molecule has 1 aromatic heterocycles. The maximum Gasteiger partial charge on any atom is 0.321 e. The fourth-order valence-corrected chi connectivity index (χ4v) is 3.52. The molecular formula is C20H26N4O3. The number of nitrogens with zero attached hydrogens (tertiary/aromatic N) is 3. The molecule has 0 spiro atoms. The number of hydrogen-bond acceptors (Lipinski definition) is 3. The van der Waals surface area contributed by atoms with Crippen LogP contribution in [0.15, 0.2) is 30.5 Å². The number of aryl methyl sites for hydroxylation is 1. The predicted molar refractivity (Wildman–Crippen MR) is 103 cm³/mol. The third kappa shape index (κ3) is 4.13. The number of carbonyl (C=O) groups excluding carboxylic acids is 1. The van der Waals surface area contributed by atoms with E-state index in [0.29, 0.717) is 25.1 Å². The van der Waals surface area contributed by atoms with E-state index >= 15 is 0 Å². The van der Waals surface area contributed by atoms with Crippen molar-refractivity contribution in [2.75, 3.05) is 18.4 Å². The standard InChI is InChI=1S/C20H26N4O3/c1-3-7-18-16(12-21-24(18)17-10-5-4-8-14(17)2)22-20(27)23-11-6-9-15(13-23)19(25)26/h4-5,8,10,12,15H,3,6-7,9,11,13H2,1-2H3,(H,22,27)(H,25,26). The van der Waals surface area contributed by atoms with Gasteiger partial charge in [-0.2, -0.15) is 5.10 Å². The van der Waals surface area contributed by atoms with Crippen molar-refractivity contribution in [1.82, 2.24) is 14.7 Å². The van der Waals surface area contributed by atoms with Gasteiger partial charge in [0.1, 0.15) is 0 Å². The minimum absolute atomic E-state index is 0.246. The van der Waals surface area contributed by atoms with E-state index in [4.69, 9.17) is 0 Å². The van der Waals surface area contributed by atoms with Gasteiger partial charge in [0.05, 0.1) is 29.2 Å². The second-order valence-corrected chi connectivity index (χ2v) is 7.01. The van der Waals surface area contributed by atoms with Crippen LogP contribution in [-0.4, -0.2) is 44.9 Å². The topological polar surface area (TPSA) is 87.5 Å². The zero-order valence-electron chi connectivity index (χ0n) is 15.8. The number of benzene rings is 1. The van der Waals surface area contributed by atoms with E-state index in [1.807, 2.05) is 35.9 Å². The molecule has 27 heavy (non-hydrogen) atoms. The monoisotopic (exact) mass is 370 g/mol. The number of piperidine rings is 1. The van der Waals surface area contributed by atoms with E-state index in [-0.39, 0.29) is 12.6 Å². The zero-order valence-corrected chi connectivity index (χ0v) is 15.8. The fraction of sp³-hybridized carbons (Fsp3) is 0.450. The molecule has 7 nitrogen and oxygen atoms in total. The maximum atomic E-state index is 12.7. The van der Waals surface area contributed by atoms with E-state index in [1.165, 1.54) is 0 Å². The molecule has 2 aromatic rings. The highest BCUT2D eigenvalue weighted by atomic mass is 16.4. The molecule has 1 fully saturated rings. The number of carboxylic acids is 1. The number of amides is 2. The summed E-state index contributed by atoms with van der Waals surface area (Å²) in [5.41, 5.74) is 3.73. The normalized spacial score (nSPS) is 17.0. The van der Waals surface area contributed by atoms with Crippen LogP contribution in [0.3, 0.4) is 0 Å². The molecule has 7 heteroatoms. The van der Waals surface area contributed by atoms with E-state index in [9.17, 15) is 14.7 Å². The highest BCUT2D eigenvalue weighted by Crippen LogP contribution is 2.24. The molecule has 2 heterocycles. The lowest BCUT2D eigenvalue weighted by molar-refractivity contribution is -0.143. The number of carbonyl (C=O) groups is 2. The Morgan fingerprint density at radius 2 is 2.11 bits per heavy atom. The molecule has 2 amide bonds. The largest absolute Gasteiger partial charge is 0.481 e. The Morgan fingerprint density at radius 3 is 2.81 bits per heavy atom. The number of aromatic nitrogens is 2. The van der Waals surface area contributed by atoms with Gasteiger partial charge in [-0.15, -0.1) is 0 Å². The van der Waals surface area contributed by atoms with Gasteiger partial charge in [0.25, 0.3) is 0 Å². The molecule has 1 aliphatic heterocycles. The quantitative estimate of drug-likeness (QED) is 0.844. The van der Waals surface area contributed by atoms with Crippen molar-refractivity contribution in [3.63, 3.8) is 0 Å². The Morgan fingerprint density at radius 1 is 1.33 bits per heavy atom. The first kappa shape index (κ1) is 18.9. The third-order valence-corrected chi connectivity index (χ3v) is 5.00. The van der Waals surface area contributed by atoms with Crippen molar-refractivity contribution in [2.24, 2.45) is 5.92 Å². The Balaban J connectivity index is 1.82. The lowest BCUT2D eigenvalue weighted by Crippen LogP contribution is -2.44. The summed E-state index contributed by atoms with van der Waals surface area (Å²) in [6, 6.07) is 7.74. The van der Waals surface area contributed by atoms with Crippen LogP contribution in [0, 0.1) is 12.8 Å². The number of likely N-dealkylation sites (tertiary alicyclic amines) is 1. The summed E-state index contributed by atoms with van der Waals surface area (Å²) in [6.07, 6.45) is 4.70. The zero-order chi connectivity index (χ0) is 19.4. The van der Waals surface area contributed by atoms with Crippen molar-refractivity contribution in [3.05, 3.63) is 41.7 Å². The lowest BCUT2D eigenvalue weighted by Gasteiger charge is -2.30. The average molecular weight is 370 g/mol. The molecule has 1 aliphatic rings. The molecule has 3 rings (SSSR count). The van der Waals surface area contributed by atoms with Crippen molar-refractivity contribution >= 4 is 17.7 Å². The van der Waals surface area contributed by atoms with Crippen molar-refractivity contribution in [1.29, 1.82) is 0 Å². The summed E-state index contributed by atoms with van der Waals surface area (Å²) in [7, 11) is 0. The Hall–Kier alpha value is -2.83. The van der Waals surface area contributed by atoms with Gasteiger partial charge < -0.3 is 15.3 Å². The number of carboxylic acid groups (broad SMARTS) is 1. The summed E-state index contributed by atoms with van der Waals surface area (Å²) in [5.74, 6) is -1.33. The van der Waals surface area contributed by atoms with Gasteiger partial charge in [-0.1, -0.05) is 31.5 Å². The molecule has 0 radical (unpaired) electrons. The minimum Gasteiger partial charge on any atom is -0.481 e. The van der Waals surface area contributed by atoms with Crippen LogP contribution in [0.1, 0.15) is 37.4 Å². The highest BCUT2D eigenvalue weighted by Gasteiger charge is 2.28. The maximum absolute atomic E-state index is 12.7. The number of nitrogens with one attached hydrogen (secondary N) is 1. The van der Waals surface area contributed by atoms with E-state index in [1.54, 1.807) is 11.1 Å². The van der Waals surface area contributed by atoms with Crippen LogP contribution in [0.25, 0.3) is 5.69 Å². The van der Waals surface area contributed by atoms with Gasteiger partial charge in [-0.3, -0.25) is 4.79 Å². The van der Waals surface area contributed by atoms with Gasteiger partial charge in [0.15, 0.2) is 0 Å². The summed E-state index contributed by atoms with van der Waals surface area (Å²) in [5, 5.41) is 16.7. The number of para-hydroxylation sites is 1. The summed E-state index contributed by atoms with van der Waals surface area (Å²) < 4.78 is 1.88. The van der Waals surface area contributed by atoms with Gasteiger partial charge in [0, 0.05) is 13.1 Å². The van der Waals surface area contributed by atoms with Gasteiger partial charge in [-0.05, 0) is 37.8 Å². The van der Waals surface area contributed by atoms with Gasteiger partial charge in [0.2, 0.25) is 0 Å². The van der Waals surface area contributed by atoms with Crippen LogP contribution >= 0.6 is 0 Å². The van der Waals surface area contributed by atoms with Crippen molar-refractivity contribution in [3.8, 4) is 5.69 Å². The molecule has 1 unspecified atom stereocenters. The minimum atomic E-state index is -0.841. The van der Waals surface area contributed by atoms with Gasteiger partial charge in [-0.25, -0.2) is 9.48 Å². The van der Waals surface area contributed by atoms with Crippen LogP contribution in [0.4, 0.5) is 10.5 Å². The lowest BCUT2D eigenvalue weighted by atomic mass is 9.99. The molecule has 144 valence electrons. The molecule has 2 N–H and O–H groups in total. The third-order valence-electron chi connectivity index (χ3n) is 5.00. The molecular weight excluding hydrogens is 344 g/mol. The SMILES string of the molecule is CCCc1c(NC(=O)N2CCCC(C(=O)O)C2)cnn1-c1ccccc1C. The summed E-state index contributed by atoms with van der Waals surface area (Å²) >= 11 is 0. The van der Waals surface area contributed by atoms with Crippen LogP contribution in [0.5, 0.6) is 0 Å². The van der Waals surface area contributed by atoms with Crippen molar-refractivity contribution in [2.45, 2.75) is 39.5 Å². The van der Waals surface area contributed by atoms with E-state index in [2.05, 4.69) is 17.3 Å². The fourth-order valence-electron chi connectivity index (χ4n) is 3.52. The van der Waals surface area contributed by atoms with E-state index < -0.39 is 11.9 Å². The second-order valence-electron chi connectivity index (χ2n) is 7.01. The first-order valence-corrected chi connectivity index (χ1v) is 9.43. The average Bonchev–Trinajstić information content (AvgIpc) is 3.05.